The van der Waals surface area contributed by atoms with Gasteiger partial charge in [0.05, 0.1) is 11.1 Å². The number of nitrogens with one attached hydrogen (secondary N) is 2. The minimum Gasteiger partial charge on any atom is -0.488 e. The number of carbonyl (C=O) groups is 1. The number of amides is 1. The van der Waals surface area contributed by atoms with Crippen LogP contribution in [0.4, 0.5) is 5.69 Å². The first-order valence-electron chi connectivity index (χ1n) is 7.72. The van der Waals surface area contributed by atoms with Crippen molar-refractivity contribution in [2.24, 2.45) is 0 Å². The Hall–Kier alpha value is -1.98. The molecular weight excluding hydrogens is 316 g/mol. The molecule has 1 fully saturated rings. The van der Waals surface area contributed by atoms with Gasteiger partial charge in [-0.1, -0.05) is 18.0 Å². The average Bonchev–Trinajstić information content (AvgIpc) is 2.98. The molecule has 3 rings (SSSR count). The first kappa shape index (κ1) is 15.9. The minimum atomic E-state index is -0.402. The zero-order valence-corrected chi connectivity index (χ0v) is 13.3. The van der Waals surface area contributed by atoms with Gasteiger partial charge in [-0.25, -0.2) is 0 Å². The van der Waals surface area contributed by atoms with Crippen LogP contribution >= 0.6 is 11.6 Å². The van der Waals surface area contributed by atoms with Crippen molar-refractivity contribution in [3.05, 3.63) is 47.2 Å². The summed E-state index contributed by atoms with van der Waals surface area (Å²) in [4.78, 5) is 14.8. The quantitative estimate of drug-likeness (QED) is 0.799. The van der Waals surface area contributed by atoms with E-state index >= 15 is 0 Å². The molecule has 0 spiro atoms. The van der Waals surface area contributed by atoms with Crippen molar-refractivity contribution in [2.45, 2.75) is 37.9 Å². The summed E-state index contributed by atoms with van der Waals surface area (Å²) >= 11 is 5.78. The van der Waals surface area contributed by atoms with Crippen molar-refractivity contribution < 1.29 is 14.6 Å². The summed E-state index contributed by atoms with van der Waals surface area (Å²) in [5, 5.41) is 13.2. The number of benzene rings is 1. The Labute approximate surface area is 139 Å². The molecule has 6 heteroatoms. The second-order valence-electron chi connectivity index (χ2n) is 5.72. The zero-order chi connectivity index (χ0) is 16.2. The number of rotatable bonds is 4. The topological polar surface area (TPSA) is 74.3 Å². The molecule has 2 unspecified atom stereocenters. The molecule has 1 heterocycles. The largest absolute Gasteiger partial charge is 0.488 e. The fourth-order valence-corrected chi connectivity index (χ4v) is 2.87. The number of hydrogen-bond acceptors (Lipinski definition) is 3. The summed E-state index contributed by atoms with van der Waals surface area (Å²) < 4.78 is 5.83. The summed E-state index contributed by atoms with van der Waals surface area (Å²) in [6, 6.07) is 8.69. The van der Waals surface area contributed by atoms with Crippen molar-refractivity contribution in [3.8, 4) is 5.75 Å². The van der Waals surface area contributed by atoms with Gasteiger partial charge in [0.15, 0.2) is 0 Å². The van der Waals surface area contributed by atoms with E-state index in [1.165, 1.54) is 0 Å². The number of H-pyrrole nitrogens is 1. The molecule has 0 aliphatic heterocycles. The van der Waals surface area contributed by atoms with Crippen molar-refractivity contribution in [3.63, 3.8) is 0 Å². The highest BCUT2D eigenvalue weighted by atomic mass is 35.5. The number of carbonyl (C=O) groups excluding carboxylic acids is 1. The SMILES string of the molecule is O=C(Nc1ccc(OC2CCCCC2O)cc1)c1cc(Cl)c[nH]1. The molecule has 0 radical (unpaired) electrons. The van der Waals surface area contributed by atoms with Crippen LogP contribution in [0.1, 0.15) is 36.2 Å². The van der Waals surface area contributed by atoms with Crippen molar-refractivity contribution in [2.75, 3.05) is 5.32 Å². The van der Waals surface area contributed by atoms with E-state index in [4.69, 9.17) is 16.3 Å². The minimum absolute atomic E-state index is 0.148. The number of anilines is 1. The van der Waals surface area contributed by atoms with Crippen molar-refractivity contribution in [1.82, 2.24) is 4.98 Å². The van der Waals surface area contributed by atoms with Gasteiger partial charge >= 0.3 is 0 Å². The smallest absolute Gasteiger partial charge is 0.272 e. The second-order valence-corrected chi connectivity index (χ2v) is 6.15. The number of ether oxygens (including phenoxy) is 1. The number of aromatic amines is 1. The molecule has 1 saturated carbocycles. The Bertz CT molecular complexity index is 669. The van der Waals surface area contributed by atoms with E-state index in [1.54, 1.807) is 36.5 Å². The van der Waals surface area contributed by atoms with E-state index in [0.29, 0.717) is 22.2 Å². The van der Waals surface area contributed by atoms with Gasteiger partial charge in [-0.15, -0.1) is 0 Å². The highest BCUT2D eigenvalue weighted by molar-refractivity contribution is 6.31. The number of aliphatic hydroxyl groups excluding tert-OH is 1. The maximum atomic E-state index is 12.0. The Morgan fingerprint density at radius 2 is 2.00 bits per heavy atom. The highest BCUT2D eigenvalue weighted by Gasteiger charge is 2.24. The third-order valence-corrected chi connectivity index (χ3v) is 4.18. The van der Waals surface area contributed by atoms with Crippen LogP contribution in [0, 0.1) is 0 Å². The van der Waals surface area contributed by atoms with Gasteiger partial charge in [0.25, 0.3) is 5.91 Å². The van der Waals surface area contributed by atoms with Gasteiger partial charge in [0, 0.05) is 11.9 Å². The number of hydrogen-bond donors (Lipinski definition) is 3. The van der Waals surface area contributed by atoms with Crippen LogP contribution in [-0.4, -0.2) is 28.2 Å². The number of aromatic nitrogens is 1. The summed E-state index contributed by atoms with van der Waals surface area (Å²) in [5.41, 5.74) is 1.07. The van der Waals surface area contributed by atoms with Crippen LogP contribution in [0.5, 0.6) is 5.75 Å². The lowest BCUT2D eigenvalue weighted by molar-refractivity contribution is 0.00688. The molecule has 2 atom stereocenters. The van der Waals surface area contributed by atoms with E-state index in [9.17, 15) is 9.90 Å². The van der Waals surface area contributed by atoms with Crippen molar-refractivity contribution in [1.29, 1.82) is 0 Å². The predicted octanol–water partition coefficient (Wildman–Crippen LogP) is 3.60. The lowest BCUT2D eigenvalue weighted by Gasteiger charge is -2.28. The summed E-state index contributed by atoms with van der Waals surface area (Å²) in [6.07, 6.45) is 4.79. The van der Waals surface area contributed by atoms with E-state index in [1.807, 2.05) is 0 Å². The molecule has 1 aliphatic carbocycles. The van der Waals surface area contributed by atoms with E-state index in [2.05, 4.69) is 10.3 Å². The van der Waals surface area contributed by atoms with Crippen LogP contribution in [-0.2, 0) is 0 Å². The monoisotopic (exact) mass is 334 g/mol. The molecule has 1 aromatic carbocycles. The van der Waals surface area contributed by atoms with Gasteiger partial charge in [0.2, 0.25) is 0 Å². The fourth-order valence-electron chi connectivity index (χ4n) is 2.70. The first-order valence-corrected chi connectivity index (χ1v) is 8.09. The van der Waals surface area contributed by atoms with Gasteiger partial charge in [0.1, 0.15) is 17.5 Å². The number of halogens is 1. The van der Waals surface area contributed by atoms with Crippen LogP contribution in [0.3, 0.4) is 0 Å². The Balaban J connectivity index is 1.59. The summed E-state index contributed by atoms with van der Waals surface area (Å²) in [7, 11) is 0. The Kier molecular flexibility index (Phi) is 4.88. The van der Waals surface area contributed by atoms with E-state index in [-0.39, 0.29) is 12.0 Å². The van der Waals surface area contributed by atoms with Gasteiger partial charge in [-0.05, 0) is 49.6 Å². The normalized spacial score (nSPS) is 21.0. The van der Waals surface area contributed by atoms with Crippen LogP contribution < -0.4 is 10.1 Å². The van der Waals surface area contributed by atoms with Crippen molar-refractivity contribution >= 4 is 23.2 Å². The fraction of sp³-hybridized carbons (Fsp3) is 0.353. The molecule has 5 nitrogen and oxygen atoms in total. The summed E-state index contributed by atoms with van der Waals surface area (Å²) in [5.74, 6) is 0.435. The third kappa shape index (κ3) is 4.06. The Morgan fingerprint density at radius 1 is 1.26 bits per heavy atom. The molecule has 1 aliphatic rings. The van der Waals surface area contributed by atoms with E-state index < -0.39 is 6.10 Å². The standard InChI is InChI=1S/C17H19ClN2O3/c18-11-9-14(19-10-11)17(22)20-12-5-7-13(8-6-12)23-16-4-2-1-3-15(16)21/h5-10,15-16,19,21H,1-4H2,(H,20,22). The lowest BCUT2D eigenvalue weighted by atomic mass is 9.95. The number of aliphatic hydroxyl groups is 1. The maximum Gasteiger partial charge on any atom is 0.272 e. The molecule has 0 bridgehead atoms. The van der Waals surface area contributed by atoms with Gasteiger partial charge in [-0.2, -0.15) is 0 Å². The molecule has 1 aromatic heterocycles. The molecule has 1 amide bonds. The Morgan fingerprint density at radius 3 is 2.65 bits per heavy atom. The molecule has 2 aromatic rings. The van der Waals surface area contributed by atoms with Crippen LogP contribution in [0.15, 0.2) is 36.5 Å². The molecule has 122 valence electrons. The van der Waals surface area contributed by atoms with Gasteiger partial charge in [-0.3, -0.25) is 4.79 Å². The van der Waals surface area contributed by atoms with Gasteiger partial charge < -0.3 is 20.1 Å². The predicted molar refractivity (Wildman–Crippen MR) is 89.1 cm³/mol. The lowest BCUT2D eigenvalue weighted by Crippen LogP contribution is -2.34. The average molecular weight is 335 g/mol. The molecule has 3 N–H and O–H groups in total. The molecule has 0 saturated heterocycles. The van der Waals surface area contributed by atoms with Crippen LogP contribution in [0.25, 0.3) is 0 Å². The maximum absolute atomic E-state index is 12.0. The second kappa shape index (κ2) is 7.06. The zero-order valence-electron chi connectivity index (χ0n) is 12.6. The molecule has 23 heavy (non-hydrogen) atoms. The highest BCUT2D eigenvalue weighted by Crippen LogP contribution is 2.25. The summed E-state index contributed by atoms with van der Waals surface area (Å²) in [6.45, 7) is 0. The third-order valence-electron chi connectivity index (χ3n) is 3.96. The van der Waals surface area contributed by atoms with Crippen LogP contribution in [0.2, 0.25) is 5.02 Å². The van der Waals surface area contributed by atoms with E-state index in [0.717, 1.165) is 25.7 Å². The first-order chi connectivity index (χ1) is 11.1. The molecular formula is C17H19ClN2O3.